The fourth-order valence-electron chi connectivity index (χ4n) is 0.701. The van der Waals surface area contributed by atoms with Crippen LogP contribution in [0, 0.1) is 0 Å². The number of carbonyl (C=O) groups is 1. The second-order valence-corrected chi connectivity index (χ2v) is 3.33. The van der Waals surface area contributed by atoms with E-state index in [-0.39, 0.29) is 0 Å². The van der Waals surface area contributed by atoms with E-state index in [1.54, 1.807) is 12.3 Å². The summed E-state index contributed by atoms with van der Waals surface area (Å²) in [5.74, 6) is -0.410. The fourth-order valence-corrected chi connectivity index (χ4v) is 1.73. The molecule has 0 saturated heterocycles. The van der Waals surface area contributed by atoms with Crippen LogP contribution in [0.1, 0.15) is 16.6 Å². The molecule has 1 aromatic heterocycles. The maximum Gasteiger partial charge on any atom is 0.350 e. The maximum atomic E-state index is 11.1. The van der Waals surface area contributed by atoms with Gasteiger partial charge in [0.25, 0.3) is 0 Å². The molecule has 0 bridgehead atoms. The summed E-state index contributed by atoms with van der Waals surface area (Å²) in [7, 11) is 0. The molecule has 0 atom stereocenters. The van der Waals surface area contributed by atoms with Gasteiger partial charge in [0, 0.05) is 5.38 Å². The number of halogens is 1. The monoisotopic (exact) mass is 205 g/mol. The van der Waals surface area contributed by atoms with Gasteiger partial charge in [-0.3, -0.25) is 0 Å². The lowest BCUT2D eigenvalue weighted by molar-refractivity contribution is 0.0533. The lowest BCUT2D eigenvalue weighted by atomic mass is 10.4. The zero-order valence-electron chi connectivity index (χ0n) is 6.46. The average Bonchev–Trinajstić information content (AvgIpc) is 2.34. The molecule has 0 aliphatic rings. The molecule has 12 heavy (non-hydrogen) atoms. The Morgan fingerprint density at radius 2 is 2.50 bits per heavy atom. The molecule has 1 heterocycles. The topological polar surface area (TPSA) is 52.3 Å². The predicted molar refractivity (Wildman–Crippen MR) is 49.7 cm³/mol. The minimum atomic E-state index is -0.410. The van der Waals surface area contributed by atoms with Crippen LogP contribution in [-0.2, 0) is 4.74 Å². The molecular weight excluding hydrogens is 198 g/mol. The Morgan fingerprint density at radius 1 is 1.83 bits per heavy atom. The Bertz CT molecular complexity index is 298. The Hall–Kier alpha value is -0.740. The molecule has 2 N–H and O–H groups in total. The van der Waals surface area contributed by atoms with E-state index in [2.05, 4.69) is 0 Å². The number of nitrogen functional groups attached to an aromatic ring is 1. The Morgan fingerprint density at radius 3 is 2.92 bits per heavy atom. The van der Waals surface area contributed by atoms with Crippen LogP contribution in [0.2, 0.25) is 5.02 Å². The number of anilines is 1. The number of nitrogens with two attached hydrogens (primary N) is 1. The number of hydrogen-bond acceptors (Lipinski definition) is 4. The molecule has 0 fully saturated rings. The number of hydrogen-bond donors (Lipinski definition) is 1. The van der Waals surface area contributed by atoms with Gasteiger partial charge in [-0.05, 0) is 6.92 Å². The summed E-state index contributed by atoms with van der Waals surface area (Å²) < 4.78 is 4.75. The van der Waals surface area contributed by atoms with Gasteiger partial charge in [0.05, 0.1) is 17.3 Å². The third kappa shape index (κ3) is 1.70. The number of esters is 1. The predicted octanol–water partition coefficient (Wildman–Crippen LogP) is 2.16. The minimum absolute atomic E-state index is 0.306. The van der Waals surface area contributed by atoms with E-state index in [1.165, 1.54) is 11.3 Å². The normalized spacial score (nSPS) is 9.83. The molecule has 1 rings (SSSR count). The molecule has 0 amide bonds. The van der Waals surface area contributed by atoms with Crippen molar-refractivity contribution in [2.45, 2.75) is 6.92 Å². The first kappa shape index (κ1) is 9.35. The maximum absolute atomic E-state index is 11.1. The van der Waals surface area contributed by atoms with Crippen LogP contribution in [0.5, 0.6) is 0 Å². The summed E-state index contributed by atoms with van der Waals surface area (Å²) >= 11 is 6.84. The smallest absolute Gasteiger partial charge is 0.350 e. The fraction of sp³-hybridized carbons (Fsp3) is 0.286. The Kier molecular flexibility index (Phi) is 2.94. The molecule has 0 aromatic carbocycles. The van der Waals surface area contributed by atoms with E-state index in [1.807, 2.05) is 0 Å². The molecule has 3 nitrogen and oxygen atoms in total. The molecular formula is C7H8ClNO2S. The highest BCUT2D eigenvalue weighted by Crippen LogP contribution is 2.29. The first-order valence-electron chi connectivity index (χ1n) is 3.36. The largest absolute Gasteiger partial charge is 0.462 e. The quantitative estimate of drug-likeness (QED) is 0.753. The molecule has 0 radical (unpaired) electrons. The van der Waals surface area contributed by atoms with Crippen molar-refractivity contribution in [3.63, 3.8) is 0 Å². The lowest BCUT2D eigenvalue weighted by Gasteiger charge is -1.98. The molecule has 66 valence electrons. The second kappa shape index (κ2) is 3.78. The third-order valence-corrected chi connectivity index (χ3v) is 2.66. The zero-order chi connectivity index (χ0) is 9.14. The van der Waals surface area contributed by atoms with Gasteiger partial charge in [-0.1, -0.05) is 11.6 Å². The first-order chi connectivity index (χ1) is 5.66. The van der Waals surface area contributed by atoms with Gasteiger partial charge >= 0.3 is 5.97 Å². The average molecular weight is 206 g/mol. The van der Waals surface area contributed by atoms with Gasteiger partial charge < -0.3 is 10.5 Å². The van der Waals surface area contributed by atoms with E-state index < -0.39 is 5.97 Å². The molecule has 5 heteroatoms. The number of rotatable bonds is 2. The summed E-state index contributed by atoms with van der Waals surface area (Å²) in [5, 5.41) is 2.02. The van der Waals surface area contributed by atoms with Crippen molar-refractivity contribution >= 4 is 34.6 Å². The van der Waals surface area contributed by atoms with Crippen LogP contribution in [0.25, 0.3) is 0 Å². The van der Waals surface area contributed by atoms with Gasteiger partial charge in [0.1, 0.15) is 4.88 Å². The number of thiophene rings is 1. The van der Waals surface area contributed by atoms with Crippen LogP contribution in [0.4, 0.5) is 5.69 Å². The third-order valence-electron chi connectivity index (χ3n) is 1.24. The summed E-state index contributed by atoms with van der Waals surface area (Å²) in [6.45, 7) is 2.08. The van der Waals surface area contributed by atoms with Crippen LogP contribution in [0.15, 0.2) is 5.38 Å². The van der Waals surface area contributed by atoms with Crippen molar-refractivity contribution in [3.05, 3.63) is 15.3 Å². The Balaban J connectivity index is 2.88. The van der Waals surface area contributed by atoms with E-state index in [0.717, 1.165) is 0 Å². The van der Waals surface area contributed by atoms with Crippen LogP contribution in [0.3, 0.4) is 0 Å². The molecule has 0 aliphatic carbocycles. The van der Waals surface area contributed by atoms with Crippen molar-refractivity contribution in [1.82, 2.24) is 0 Å². The van der Waals surface area contributed by atoms with Crippen molar-refractivity contribution in [2.75, 3.05) is 12.3 Å². The van der Waals surface area contributed by atoms with Gasteiger partial charge in [-0.15, -0.1) is 11.3 Å². The summed E-state index contributed by atoms with van der Waals surface area (Å²) in [4.78, 5) is 11.5. The van der Waals surface area contributed by atoms with Crippen molar-refractivity contribution < 1.29 is 9.53 Å². The summed E-state index contributed by atoms with van der Waals surface area (Å²) in [6, 6.07) is 0. The van der Waals surface area contributed by atoms with Crippen LogP contribution in [-0.4, -0.2) is 12.6 Å². The molecule has 0 spiro atoms. The van der Waals surface area contributed by atoms with Crippen molar-refractivity contribution in [3.8, 4) is 0 Å². The van der Waals surface area contributed by atoms with E-state index in [0.29, 0.717) is 22.2 Å². The molecule has 0 aliphatic heterocycles. The highest BCUT2D eigenvalue weighted by Gasteiger charge is 2.15. The van der Waals surface area contributed by atoms with Gasteiger partial charge in [0.2, 0.25) is 0 Å². The van der Waals surface area contributed by atoms with Gasteiger partial charge in [-0.2, -0.15) is 0 Å². The highest BCUT2D eigenvalue weighted by molar-refractivity contribution is 7.13. The molecule has 1 aromatic rings. The van der Waals surface area contributed by atoms with E-state index in [9.17, 15) is 4.79 Å². The summed E-state index contributed by atoms with van der Waals surface area (Å²) in [5.41, 5.74) is 5.82. The first-order valence-corrected chi connectivity index (χ1v) is 4.62. The zero-order valence-corrected chi connectivity index (χ0v) is 8.04. The minimum Gasteiger partial charge on any atom is -0.462 e. The van der Waals surface area contributed by atoms with Crippen molar-refractivity contribution in [2.24, 2.45) is 0 Å². The van der Waals surface area contributed by atoms with E-state index in [4.69, 9.17) is 22.1 Å². The van der Waals surface area contributed by atoms with E-state index >= 15 is 0 Å². The standard InChI is InChI=1S/C7H8ClNO2S/c1-2-11-7(10)6-5(9)4(8)3-12-6/h3H,2,9H2,1H3. The molecule has 0 saturated carbocycles. The van der Waals surface area contributed by atoms with Gasteiger partial charge in [0.15, 0.2) is 0 Å². The highest BCUT2D eigenvalue weighted by atomic mass is 35.5. The Labute approximate surface area is 79.1 Å². The van der Waals surface area contributed by atoms with Gasteiger partial charge in [-0.25, -0.2) is 4.79 Å². The SMILES string of the molecule is CCOC(=O)c1scc(Cl)c1N. The van der Waals surface area contributed by atoms with Crippen LogP contribution >= 0.6 is 22.9 Å². The summed E-state index contributed by atoms with van der Waals surface area (Å²) in [6.07, 6.45) is 0. The van der Waals surface area contributed by atoms with Crippen molar-refractivity contribution in [1.29, 1.82) is 0 Å². The number of carbonyl (C=O) groups excluding carboxylic acids is 1. The second-order valence-electron chi connectivity index (χ2n) is 2.05. The number of ether oxygens (including phenoxy) is 1. The van der Waals surface area contributed by atoms with Crippen LogP contribution < -0.4 is 5.73 Å². The lowest BCUT2D eigenvalue weighted by Crippen LogP contribution is -2.04. The molecule has 0 unspecified atom stereocenters.